The molecule has 2 atom stereocenters. The van der Waals surface area contributed by atoms with Gasteiger partial charge in [0.05, 0.1) is 5.92 Å². The Morgan fingerprint density at radius 3 is 1.46 bits per heavy atom. The summed E-state index contributed by atoms with van der Waals surface area (Å²) in [5, 5.41) is 9.70. The Morgan fingerprint density at radius 1 is 0.571 bits per heavy atom. The minimum absolute atomic E-state index is 0.109. The number of rotatable bonds is 22. The van der Waals surface area contributed by atoms with E-state index in [0.29, 0.717) is 5.92 Å². The average molecular weight is 397 g/mol. The Kier molecular flexibility index (Phi) is 20.8. The van der Waals surface area contributed by atoms with Crippen LogP contribution in [0, 0.1) is 11.8 Å². The second-order valence-electron chi connectivity index (χ2n) is 9.10. The summed E-state index contributed by atoms with van der Waals surface area (Å²) in [6, 6.07) is 0. The number of aliphatic carboxylic acids is 1. The minimum atomic E-state index is -0.550. The molecule has 28 heavy (non-hydrogen) atoms. The number of hydrogen-bond acceptors (Lipinski definition) is 1. The topological polar surface area (TPSA) is 37.3 Å². The fraction of sp³-hybridized carbons (Fsp3) is 0.962. The first kappa shape index (κ1) is 27.5. The first-order chi connectivity index (χ1) is 13.7. The summed E-state index contributed by atoms with van der Waals surface area (Å²) in [4.78, 5) is 11.8. The first-order valence-electron chi connectivity index (χ1n) is 12.9. The Morgan fingerprint density at radius 2 is 0.964 bits per heavy atom. The van der Waals surface area contributed by atoms with Crippen LogP contribution in [0.2, 0.25) is 0 Å². The van der Waals surface area contributed by atoms with Crippen LogP contribution in [-0.4, -0.2) is 11.1 Å². The minimum Gasteiger partial charge on any atom is -0.481 e. The molecule has 0 aliphatic heterocycles. The maximum absolute atomic E-state index is 11.8. The molecule has 0 radical (unpaired) electrons. The fourth-order valence-electron chi connectivity index (χ4n) is 4.36. The van der Waals surface area contributed by atoms with Gasteiger partial charge < -0.3 is 5.11 Å². The van der Waals surface area contributed by atoms with Gasteiger partial charge in [0.1, 0.15) is 0 Å². The van der Waals surface area contributed by atoms with Gasteiger partial charge in [0.15, 0.2) is 0 Å². The van der Waals surface area contributed by atoms with E-state index in [-0.39, 0.29) is 5.92 Å². The molecule has 1 N–H and O–H groups in total. The highest BCUT2D eigenvalue weighted by atomic mass is 16.4. The molecule has 0 heterocycles. The Bertz CT molecular complexity index is 326. The van der Waals surface area contributed by atoms with Crippen molar-refractivity contribution < 1.29 is 9.90 Å². The highest BCUT2D eigenvalue weighted by Crippen LogP contribution is 2.27. The van der Waals surface area contributed by atoms with Crippen LogP contribution >= 0.6 is 0 Å². The average Bonchev–Trinajstić information content (AvgIpc) is 2.69. The Hall–Kier alpha value is -0.530. The molecule has 0 bridgehead atoms. The standard InChI is InChI=1S/C26H52O2/c1-4-7-10-12-13-14-15-16-17-19-22-25(26(27)28)23-24(20-9-6-3)21-18-11-8-5-2/h24-25H,4-23H2,1-3H3,(H,27,28). The molecule has 0 saturated heterocycles. The Balaban J connectivity index is 4.00. The predicted octanol–water partition coefficient (Wildman–Crippen LogP) is 9.17. The molecule has 0 saturated carbocycles. The lowest BCUT2D eigenvalue weighted by Crippen LogP contribution is -2.18. The largest absolute Gasteiger partial charge is 0.481 e. The van der Waals surface area contributed by atoms with Gasteiger partial charge in [-0.3, -0.25) is 4.79 Å². The van der Waals surface area contributed by atoms with Crippen molar-refractivity contribution in [2.45, 2.75) is 149 Å². The van der Waals surface area contributed by atoms with Crippen molar-refractivity contribution in [1.29, 1.82) is 0 Å². The van der Waals surface area contributed by atoms with E-state index < -0.39 is 5.97 Å². The van der Waals surface area contributed by atoms with Crippen LogP contribution < -0.4 is 0 Å². The van der Waals surface area contributed by atoms with Crippen LogP contribution in [0.1, 0.15) is 149 Å². The predicted molar refractivity (Wildman–Crippen MR) is 124 cm³/mol. The van der Waals surface area contributed by atoms with Gasteiger partial charge in [0.2, 0.25) is 0 Å². The lowest BCUT2D eigenvalue weighted by Gasteiger charge is -2.21. The van der Waals surface area contributed by atoms with Gasteiger partial charge in [-0.25, -0.2) is 0 Å². The van der Waals surface area contributed by atoms with E-state index in [1.54, 1.807) is 0 Å². The van der Waals surface area contributed by atoms with Gasteiger partial charge in [-0.15, -0.1) is 0 Å². The molecule has 0 aromatic rings. The molecule has 2 nitrogen and oxygen atoms in total. The van der Waals surface area contributed by atoms with E-state index in [9.17, 15) is 9.90 Å². The molecule has 0 spiro atoms. The number of carbonyl (C=O) groups is 1. The van der Waals surface area contributed by atoms with Crippen molar-refractivity contribution in [1.82, 2.24) is 0 Å². The van der Waals surface area contributed by atoms with E-state index in [1.165, 1.54) is 109 Å². The number of carboxylic acid groups (broad SMARTS) is 1. The van der Waals surface area contributed by atoms with Gasteiger partial charge in [0, 0.05) is 0 Å². The van der Waals surface area contributed by atoms with Crippen LogP contribution in [0.25, 0.3) is 0 Å². The molecule has 168 valence electrons. The molecule has 0 amide bonds. The summed E-state index contributed by atoms with van der Waals surface area (Å²) < 4.78 is 0. The molecule has 0 aliphatic carbocycles. The van der Waals surface area contributed by atoms with E-state index in [1.807, 2.05) is 0 Å². The van der Waals surface area contributed by atoms with Gasteiger partial charge in [-0.05, 0) is 18.8 Å². The van der Waals surface area contributed by atoms with Crippen LogP contribution in [0.4, 0.5) is 0 Å². The summed E-state index contributed by atoms with van der Waals surface area (Å²) in [5.74, 6) is -0.0333. The molecule has 0 aromatic carbocycles. The van der Waals surface area contributed by atoms with Crippen LogP contribution in [0.15, 0.2) is 0 Å². The Labute approximate surface area is 177 Å². The normalized spacial score (nSPS) is 13.5. The van der Waals surface area contributed by atoms with E-state index in [2.05, 4.69) is 20.8 Å². The van der Waals surface area contributed by atoms with Gasteiger partial charge in [0.25, 0.3) is 0 Å². The van der Waals surface area contributed by atoms with Crippen LogP contribution in [-0.2, 0) is 4.79 Å². The molecule has 0 fully saturated rings. The van der Waals surface area contributed by atoms with E-state index in [4.69, 9.17) is 0 Å². The molecular weight excluding hydrogens is 344 g/mol. The second-order valence-corrected chi connectivity index (χ2v) is 9.10. The molecule has 0 aliphatic rings. The van der Waals surface area contributed by atoms with Crippen molar-refractivity contribution in [2.75, 3.05) is 0 Å². The van der Waals surface area contributed by atoms with Gasteiger partial charge in [-0.1, -0.05) is 136 Å². The highest BCUT2D eigenvalue weighted by Gasteiger charge is 2.21. The van der Waals surface area contributed by atoms with E-state index in [0.717, 1.165) is 19.3 Å². The fourth-order valence-corrected chi connectivity index (χ4v) is 4.36. The van der Waals surface area contributed by atoms with Gasteiger partial charge in [-0.2, -0.15) is 0 Å². The summed E-state index contributed by atoms with van der Waals surface area (Å²) in [6.45, 7) is 6.76. The molecular formula is C26H52O2. The molecule has 2 heteroatoms. The van der Waals surface area contributed by atoms with Crippen molar-refractivity contribution in [2.24, 2.45) is 11.8 Å². The number of hydrogen-bond donors (Lipinski definition) is 1. The lowest BCUT2D eigenvalue weighted by atomic mass is 9.84. The third kappa shape index (κ3) is 17.6. The van der Waals surface area contributed by atoms with Crippen molar-refractivity contribution in [3.05, 3.63) is 0 Å². The van der Waals surface area contributed by atoms with Gasteiger partial charge >= 0.3 is 5.97 Å². The molecule has 0 aromatic heterocycles. The molecule has 2 unspecified atom stereocenters. The number of unbranched alkanes of at least 4 members (excludes halogenated alkanes) is 13. The maximum atomic E-state index is 11.8. The zero-order valence-electron chi connectivity index (χ0n) is 19.7. The smallest absolute Gasteiger partial charge is 0.306 e. The lowest BCUT2D eigenvalue weighted by molar-refractivity contribution is -0.142. The monoisotopic (exact) mass is 396 g/mol. The molecule has 0 rings (SSSR count). The quantitative estimate of drug-likeness (QED) is 0.185. The number of carboxylic acids is 1. The van der Waals surface area contributed by atoms with Crippen molar-refractivity contribution in [3.8, 4) is 0 Å². The third-order valence-corrected chi connectivity index (χ3v) is 6.31. The van der Waals surface area contributed by atoms with Crippen molar-refractivity contribution >= 4 is 5.97 Å². The summed E-state index contributed by atoms with van der Waals surface area (Å²) in [6.07, 6.45) is 25.1. The summed E-state index contributed by atoms with van der Waals surface area (Å²) >= 11 is 0. The maximum Gasteiger partial charge on any atom is 0.306 e. The zero-order chi connectivity index (χ0) is 20.9. The second kappa shape index (κ2) is 21.2. The van der Waals surface area contributed by atoms with Crippen molar-refractivity contribution in [3.63, 3.8) is 0 Å². The van der Waals surface area contributed by atoms with Crippen LogP contribution in [0.3, 0.4) is 0 Å². The SMILES string of the molecule is CCCCCCCCCCCCC(CC(CCCC)CCCCCC)C(=O)O. The van der Waals surface area contributed by atoms with E-state index >= 15 is 0 Å². The summed E-state index contributed by atoms with van der Waals surface area (Å²) in [5.41, 5.74) is 0. The summed E-state index contributed by atoms with van der Waals surface area (Å²) in [7, 11) is 0. The first-order valence-corrected chi connectivity index (χ1v) is 12.9. The van der Waals surface area contributed by atoms with Crippen LogP contribution in [0.5, 0.6) is 0 Å². The highest BCUT2D eigenvalue weighted by molar-refractivity contribution is 5.69. The third-order valence-electron chi connectivity index (χ3n) is 6.31. The zero-order valence-corrected chi connectivity index (χ0v) is 19.7.